The smallest absolute Gasteiger partial charge is 0.404 e. The van der Waals surface area contributed by atoms with E-state index in [4.69, 9.17) is 10.1 Å². The Balaban J connectivity index is 1.47. The van der Waals surface area contributed by atoms with Gasteiger partial charge in [-0.05, 0) is 68.9 Å². The number of rotatable bonds is 6. The third-order valence-corrected chi connectivity index (χ3v) is 8.27. The molecule has 0 bridgehead atoms. The first-order valence-corrected chi connectivity index (χ1v) is 14.3. The lowest BCUT2D eigenvalue weighted by atomic mass is 9.92. The van der Waals surface area contributed by atoms with Gasteiger partial charge in [0.25, 0.3) is 5.91 Å². The summed E-state index contributed by atoms with van der Waals surface area (Å²) in [5.74, 6) is -1.82. The number of halogens is 2. The summed E-state index contributed by atoms with van der Waals surface area (Å²) in [5, 5.41) is 17.4. The summed E-state index contributed by atoms with van der Waals surface area (Å²) in [6.07, 6.45) is 2.83. The average Bonchev–Trinajstić information content (AvgIpc) is 2.95. The molecule has 1 aliphatic carbocycles. The second-order valence-corrected chi connectivity index (χ2v) is 11.1. The quantitative estimate of drug-likeness (QED) is 0.328. The van der Waals surface area contributed by atoms with Crippen LogP contribution >= 0.6 is 0 Å². The van der Waals surface area contributed by atoms with Crippen molar-refractivity contribution in [3.8, 4) is 11.3 Å². The molecule has 43 heavy (non-hydrogen) atoms. The maximum Gasteiger partial charge on any atom is 0.404 e. The van der Waals surface area contributed by atoms with E-state index in [1.54, 1.807) is 12.1 Å². The van der Waals surface area contributed by atoms with Gasteiger partial charge in [-0.15, -0.1) is 0 Å². The molecule has 3 heterocycles. The maximum atomic E-state index is 15.1. The third-order valence-electron chi connectivity index (χ3n) is 8.27. The molecule has 3 aliphatic rings. The predicted octanol–water partition coefficient (Wildman–Crippen LogP) is 4.61. The number of piperidine rings is 1. The number of para-hydroxylation sites is 1. The van der Waals surface area contributed by atoms with E-state index in [-0.39, 0.29) is 36.3 Å². The van der Waals surface area contributed by atoms with Crippen LogP contribution in [0.15, 0.2) is 36.4 Å². The van der Waals surface area contributed by atoms with Crippen LogP contribution in [0, 0.1) is 18.6 Å². The largest absolute Gasteiger partial charge is 0.465 e. The van der Waals surface area contributed by atoms with E-state index in [0.717, 1.165) is 41.9 Å². The Morgan fingerprint density at radius 1 is 1.00 bits per heavy atom. The number of urea groups is 1. The zero-order valence-electron chi connectivity index (χ0n) is 23.5. The fraction of sp³-hybridized carbons (Fsp3) is 0.367. The number of fused-ring (bicyclic) bond motifs is 1. The van der Waals surface area contributed by atoms with E-state index >= 15 is 8.78 Å². The minimum atomic E-state index is -1.10. The minimum absolute atomic E-state index is 0.00110. The average molecular weight is 592 g/mol. The Morgan fingerprint density at radius 3 is 2.35 bits per heavy atom. The zero-order valence-corrected chi connectivity index (χ0v) is 23.5. The Morgan fingerprint density at radius 2 is 1.70 bits per heavy atom. The Kier molecular flexibility index (Phi) is 7.55. The number of hydrogen-bond acceptors (Lipinski definition) is 6. The first-order chi connectivity index (χ1) is 20.7. The summed E-state index contributed by atoms with van der Waals surface area (Å²) in [5.41, 5.74) is 2.16. The number of amides is 4. The molecule has 0 radical (unpaired) electrons. The number of hydrogen-bond donors (Lipinski definition) is 4. The molecule has 2 aliphatic heterocycles. The lowest BCUT2D eigenvalue weighted by Gasteiger charge is -2.35. The topological polar surface area (TPSA) is 140 Å². The molecule has 13 heteroatoms. The van der Waals surface area contributed by atoms with Crippen molar-refractivity contribution < 1.29 is 28.3 Å². The molecular weight excluding hydrogens is 560 g/mol. The number of aryl methyl sites for hydroxylation is 1. The van der Waals surface area contributed by atoms with Crippen LogP contribution in [0.2, 0.25) is 0 Å². The van der Waals surface area contributed by atoms with Crippen molar-refractivity contribution in [2.45, 2.75) is 57.7 Å². The Labute approximate surface area is 246 Å². The van der Waals surface area contributed by atoms with E-state index in [2.05, 4.69) is 20.9 Å². The molecular formula is C30H31F2N7O4. The van der Waals surface area contributed by atoms with Gasteiger partial charge < -0.3 is 26.0 Å². The van der Waals surface area contributed by atoms with Crippen LogP contribution in [-0.2, 0) is 6.54 Å². The molecule has 1 saturated heterocycles. The van der Waals surface area contributed by atoms with Crippen LogP contribution in [0.4, 0.5) is 35.8 Å². The second-order valence-electron chi connectivity index (χ2n) is 11.1. The van der Waals surface area contributed by atoms with Crippen LogP contribution in [0.3, 0.4) is 0 Å². The number of nitrogens with one attached hydrogen (secondary N) is 3. The van der Waals surface area contributed by atoms with E-state index in [1.807, 2.05) is 17.9 Å². The van der Waals surface area contributed by atoms with Gasteiger partial charge in [0.15, 0.2) is 5.82 Å². The van der Waals surface area contributed by atoms with Gasteiger partial charge in [0, 0.05) is 41.9 Å². The first kappa shape index (κ1) is 28.3. The number of benzene rings is 2. The molecule has 1 saturated carbocycles. The molecule has 4 N–H and O–H groups in total. The summed E-state index contributed by atoms with van der Waals surface area (Å²) in [4.78, 5) is 49.7. The monoisotopic (exact) mass is 591 g/mol. The number of anilines is 3. The van der Waals surface area contributed by atoms with Gasteiger partial charge in [0.1, 0.15) is 17.3 Å². The van der Waals surface area contributed by atoms with Gasteiger partial charge in [-0.3, -0.25) is 4.79 Å². The summed E-state index contributed by atoms with van der Waals surface area (Å²) in [6, 6.07) is 7.80. The van der Waals surface area contributed by atoms with Gasteiger partial charge in [-0.25, -0.2) is 28.3 Å². The SMILES string of the molecule is Cc1ccc(C(=O)NC2CCC2)cc1-c1nc(N2CCC(NC(=O)O)CC2)nc2c1CNC(=O)N2c1c(F)cccc1F. The number of nitrogens with zero attached hydrogens (tertiary/aromatic N) is 4. The molecule has 0 unspecified atom stereocenters. The highest BCUT2D eigenvalue weighted by Gasteiger charge is 2.35. The predicted molar refractivity (Wildman–Crippen MR) is 154 cm³/mol. The van der Waals surface area contributed by atoms with Gasteiger partial charge in [-0.2, -0.15) is 4.98 Å². The fourth-order valence-corrected chi connectivity index (χ4v) is 5.66. The summed E-state index contributed by atoms with van der Waals surface area (Å²) in [6.45, 7) is 2.69. The molecule has 1 aromatic heterocycles. The highest BCUT2D eigenvalue weighted by Crippen LogP contribution is 2.40. The lowest BCUT2D eigenvalue weighted by Crippen LogP contribution is -2.46. The van der Waals surface area contributed by atoms with Crippen molar-refractivity contribution in [2.75, 3.05) is 22.9 Å². The number of carbonyl (C=O) groups excluding carboxylic acids is 2. The molecule has 6 rings (SSSR count). The zero-order chi connectivity index (χ0) is 30.2. The highest BCUT2D eigenvalue weighted by atomic mass is 19.1. The Hall–Kier alpha value is -4.81. The van der Waals surface area contributed by atoms with Gasteiger partial charge in [0.05, 0.1) is 12.2 Å². The molecule has 3 aromatic rings. The van der Waals surface area contributed by atoms with Crippen LogP contribution in [0.1, 0.15) is 53.6 Å². The van der Waals surface area contributed by atoms with Crippen molar-refractivity contribution in [1.82, 2.24) is 25.9 Å². The number of carbonyl (C=O) groups is 3. The summed E-state index contributed by atoms with van der Waals surface area (Å²) in [7, 11) is 0. The van der Waals surface area contributed by atoms with E-state index in [9.17, 15) is 14.4 Å². The molecule has 2 fully saturated rings. The van der Waals surface area contributed by atoms with Crippen molar-refractivity contribution in [1.29, 1.82) is 0 Å². The van der Waals surface area contributed by atoms with Crippen molar-refractivity contribution in [2.24, 2.45) is 0 Å². The highest BCUT2D eigenvalue weighted by molar-refractivity contribution is 6.02. The van der Waals surface area contributed by atoms with Crippen LogP contribution in [0.25, 0.3) is 11.3 Å². The van der Waals surface area contributed by atoms with Crippen LogP contribution in [-0.4, -0.2) is 58.3 Å². The van der Waals surface area contributed by atoms with E-state index in [0.29, 0.717) is 48.3 Å². The molecule has 4 amide bonds. The third kappa shape index (κ3) is 5.54. The molecule has 0 atom stereocenters. The second kappa shape index (κ2) is 11.5. The number of aromatic nitrogens is 2. The van der Waals surface area contributed by atoms with Gasteiger partial charge in [0.2, 0.25) is 5.95 Å². The first-order valence-electron chi connectivity index (χ1n) is 14.3. The van der Waals surface area contributed by atoms with Crippen LogP contribution in [0.5, 0.6) is 0 Å². The van der Waals surface area contributed by atoms with E-state index < -0.39 is 29.4 Å². The van der Waals surface area contributed by atoms with Crippen molar-refractivity contribution >= 4 is 35.5 Å². The maximum absolute atomic E-state index is 15.1. The van der Waals surface area contributed by atoms with Gasteiger partial charge in [-0.1, -0.05) is 12.1 Å². The molecule has 0 spiro atoms. The number of carboxylic acid groups (broad SMARTS) is 1. The molecule has 2 aromatic carbocycles. The molecule has 224 valence electrons. The van der Waals surface area contributed by atoms with Crippen molar-refractivity contribution in [3.05, 3.63) is 64.7 Å². The van der Waals surface area contributed by atoms with Gasteiger partial charge >= 0.3 is 12.1 Å². The minimum Gasteiger partial charge on any atom is -0.465 e. The summed E-state index contributed by atoms with van der Waals surface area (Å²) < 4.78 is 30.1. The normalized spacial score (nSPS) is 17.1. The Bertz CT molecular complexity index is 1590. The van der Waals surface area contributed by atoms with Crippen molar-refractivity contribution in [3.63, 3.8) is 0 Å². The van der Waals surface area contributed by atoms with Crippen LogP contribution < -0.4 is 25.8 Å². The van der Waals surface area contributed by atoms with E-state index in [1.165, 1.54) is 6.07 Å². The summed E-state index contributed by atoms with van der Waals surface area (Å²) >= 11 is 0. The molecule has 11 nitrogen and oxygen atoms in total. The fourth-order valence-electron chi connectivity index (χ4n) is 5.66. The lowest BCUT2D eigenvalue weighted by molar-refractivity contribution is 0.0917. The standard InChI is InChI=1S/C30H31F2N7O4/c1-16-8-9-17(27(40)34-18-4-2-5-18)14-20(16)24-21-15-33-29(41)39(25-22(31)6-3-7-23(25)32)26(21)37-28(36-24)38-12-10-19(11-13-38)35-30(42)43/h3,6-9,14,18-19,35H,2,4-5,10-13,15H2,1H3,(H,33,41)(H,34,40)(H,42,43).